The highest BCUT2D eigenvalue weighted by molar-refractivity contribution is 6.28. The average Bonchev–Trinajstić information content (AvgIpc) is 3.04. The van der Waals surface area contributed by atoms with Crippen LogP contribution in [0.25, 0.3) is 21.9 Å². The van der Waals surface area contributed by atoms with E-state index in [1.54, 1.807) is 24.3 Å². The molecule has 158 valence electrons. The van der Waals surface area contributed by atoms with E-state index in [4.69, 9.17) is 20.8 Å². The molecular formula is C20H14ClF2N5O3. The highest BCUT2D eigenvalue weighted by atomic mass is 35.5. The van der Waals surface area contributed by atoms with Crippen molar-refractivity contribution < 1.29 is 22.7 Å². The van der Waals surface area contributed by atoms with Gasteiger partial charge in [0.05, 0.1) is 16.6 Å². The van der Waals surface area contributed by atoms with Crippen molar-refractivity contribution in [1.29, 1.82) is 0 Å². The van der Waals surface area contributed by atoms with E-state index in [2.05, 4.69) is 25.6 Å². The van der Waals surface area contributed by atoms with Gasteiger partial charge in [-0.15, -0.1) is 0 Å². The predicted molar refractivity (Wildman–Crippen MR) is 109 cm³/mol. The molecule has 0 fully saturated rings. The van der Waals surface area contributed by atoms with E-state index in [1.165, 1.54) is 0 Å². The number of anilines is 1. The molecule has 1 aromatic carbocycles. The number of fused-ring (bicyclic) bond motifs is 5. The van der Waals surface area contributed by atoms with Crippen molar-refractivity contribution in [2.24, 2.45) is 0 Å². The summed E-state index contributed by atoms with van der Waals surface area (Å²) in [6, 6.07) is 7.68. The third-order valence-electron chi connectivity index (χ3n) is 4.79. The van der Waals surface area contributed by atoms with Gasteiger partial charge in [-0.25, -0.2) is 18.7 Å². The molecule has 1 amide bonds. The molecule has 4 aromatic rings. The molecule has 0 saturated heterocycles. The van der Waals surface area contributed by atoms with Gasteiger partial charge in [0.2, 0.25) is 22.8 Å². The minimum atomic E-state index is -2.82. The van der Waals surface area contributed by atoms with E-state index < -0.39 is 12.1 Å². The second kappa shape index (κ2) is 7.31. The SMILES string of the molecule is C[C@@H]1CNc2c(oc3ccc4nc(Oc5cc(C(F)F)nc(Cl)n5)ccc4c23)C(=O)N1. The van der Waals surface area contributed by atoms with Crippen molar-refractivity contribution in [1.82, 2.24) is 20.3 Å². The Morgan fingerprint density at radius 1 is 1.19 bits per heavy atom. The van der Waals surface area contributed by atoms with Crippen molar-refractivity contribution in [3.05, 3.63) is 47.1 Å². The highest BCUT2D eigenvalue weighted by Crippen LogP contribution is 2.38. The molecular weight excluding hydrogens is 432 g/mol. The summed E-state index contributed by atoms with van der Waals surface area (Å²) in [6.07, 6.45) is -2.82. The van der Waals surface area contributed by atoms with Gasteiger partial charge < -0.3 is 19.8 Å². The molecule has 1 aliphatic heterocycles. The zero-order valence-corrected chi connectivity index (χ0v) is 16.7. The zero-order chi connectivity index (χ0) is 21.7. The van der Waals surface area contributed by atoms with Crippen LogP contribution in [0.4, 0.5) is 14.5 Å². The molecule has 1 aliphatic rings. The predicted octanol–water partition coefficient (Wildman–Crippen LogP) is 4.70. The van der Waals surface area contributed by atoms with E-state index in [0.29, 0.717) is 23.3 Å². The molecule has 0 aliphatic carbocycles. The molecule has 0 radical (unpaired) electrons. The van der Waals surface area contributed by atoms with Crippen LogP contribution in [0, 0.1) is 0 Å². The first-order chi connectivity index (χ1) is 14.9. The minimum Gasteiger partial charge on any atom is -0.449 e. The lowest BCUT2D eigenvalue weighted by Crippen LogP contribution is -2.34. The second-order valence-corrected chi connectivity index (χ2v) is 7.36. The molecule has 11 heteroatoms. The van der Waals surface area contributed by atoms with Gasteiger partial charge in [-0.05, 0) is 36.7 Å². The Labute approximate surface area is 178 Å². The van der Waals surface area contributed by atoms with Crippen molar-refractivity contribution >= 4 is 45.1 Å². The Morgan fingerprint density at radius 2 is 2.03 bits per heavy atom. The van der Waals surface area contributed by atoms with Crippen LogP contribution >= 0.6 is 11.6 Å². The first kappa shape index (κ1) is 19.4. The minimum absolute atomic E-state index is 0.0592. The molecule has 0 bridgehead atoms. The number of nitrogens with zero attached hydrogens (tertiary/aromatic N) is 3. The summed E-state index contributed by atoms with van der Waals surface area (Å²) in [6.45, 7) is 2.43. The second-order valence-electron chi connectivity index (χ2n) is 7.02. The number of aromatic nitrogens is 3. The van der Waals surface area contributed by atoms with Gasteiger partial charge >= 0.3 is 0 Å². The summed E-state index contributed by atoms with van der Waals surface area (Å²) in [5.74, 6) is -0.0916. The van der Waals surface area contributed by atoms with Gasteiger partial charge in [0.1, 0.15) is 11.3 Å². The molecule has 0 unspecified atom stereocenters. The van der Waals surface area contributed by atoms with Crippen LogP contribution in [-0.4, -0.2) is 33.4 Å². The molecule has 3 aromatic heterocycles. The Morgan fingerprint density at radius 3 is 2.84 bits per heavy atom. The molecule has 1 atom stereocenters. The average molecular weight is 446 g/mol. The number of pyridine rings is 1. The number of halogens is 3. The Hall–Kier alpha value is -3.53. The first-order valence-electron chi connectivity index (χ1n) is 9.30. The molecule has 0 saturated carbocycles. The summed E-state index contributed by atoms with van der Waals surface area (Å²) >= 11 is 5.71. The zero-order valence-electron chi connectivity index (χ0n) is 15.9. The van der Waals surface area contributed by atoms with Crippen molar-refractivity contribution in [2.75, 3.05) is 11.9 Å². The van der Waals surface area contributed by atoms with Crippen molar-refractivity contribution in [2.45, 2.75) is 19.4 Å². The first-order valence-corrected chi connectivity index (χ1v) is 9.68. The van der Waals surface area contributed by atoms with Gasteiger partial charge in [-0.3, -0.25) is 4.79 Å². The van der Waals surface area contributed by atoms with Gasteiger partial charge in [0.15, 0.2) is 0 Å². The number of ether oxygens (including phenoxy) is 1. The normalized spacial score (nSPS) is 16.2. The third-order valence-corrected chi connectivity index (χ3v) is 4.96. The number of hydrogen-bond acceptors (Lipinski definition) is 7. The highest BCUT2D eigenvalue weighted by Gasteiger charge is 2.26. The summed E-state index contributed by atoms with van der Waals surface area (Å²) in [4.78, 5) is 24.1. The lowest BCUT2D eigenvalue weighted by Gasteiger charge is -2.10. The summed E-state index contributed by atoms with van der Waals surface area (Å²) < 4.78 is 37.2. The summed E-state index contributed by atoms with van der Waals surface area (Å²) in [5.41, 5.74) is 1.15. The number of furan rings is 1. The van der Waals surface area contributed by atoms with Crippen LogP contribution in [-0.2, 0) is 0 Å². The summed E-state index contributed by atoms with van der Waals surface area (Å²) in [7, 11) is 0. The lowest BCUT2D eigenvalue weighted by molar-refractivity contribution is 0.0920. The van der Waals surface area contributed by atoms with E-state index in [0.717, 1.165) is 16.8 Å². The largest absolute Gasteiger partial charge is 0.449 e. The van der Waals surface area contributed by atoms with Gasteiger partial charge in [0.25, 0.3) is 12.3 Å². The fourth-order valence-electron chi connectivity index (χ4n) is 3.45. The van der Waals surface area contributed by atoms with Gasteiger partial charge in [0, 0.05) is 30.1 Å². The quantitative estimate of drug-likeness (QED) is 0.441. The number of nitrogens with one attached hydrogen (secondary N) is 2. The molecule has 0 spiro atoms. The third kappa shape index (κ3) is 3.48. The van der Waals surface area contributed by atoms with Crippen LogP contribution < -0.4 is 15.4 Å². The number of amides is 1. The van der Waals surface area contributed by atoms with E-state index in [-0.39, 0.29) is 34.8 Å². The fourth-order valence-corrected chi connectivity index (χ4v) is 3.63. The molecule has 31 heavy (non-hydrogen) atoms. The molecule has 8 nitrogen and oxygen atoms in total. The fraction of sp³-hybridized carbons (Fsp3) is 0.200. The number of carbonyl (C=O) groups is 1. The van der Waals surface area contributed by atoms with E-state index >= 15 is 0 Å². The Bertz CT molecular complexity index is 1340. The molecule has 4 heterocycles. The van der Waals surface area contributed by atoms with E-state index in [9.17, 15) is 13.6 Å². The molecule has 5 rings (SSSR count). The van der Waals surface area contributed by atoms with Crippen LogP contribution in [0.1, 0.15) is 29.6 Å². The number of carbonyl (C=O) groups excluding carboxylic acids is 1. The Kier molecular flexibility index (Phi) is 4.58. The van der Waals surface area contributed by atoms with Crippen LogP contribution in [0.15, 0.2) is 34.7 Å². The maximum Gasteiger partial charge on any atom is 0.289 e. The van der Waals surface area contributed by atoms with Gasteiger partial charge in [-0.2, -0.15) is 4.98 Å². The van der Waals surface area contributed by atoms with Crippen LogP contribution in [0.2, 0.25) is 5.28 Å². The number of rotatable bonds is 3. The van der Waals surface area contributed by atoms with Crippen LogP contribution in [0.3, 0.4) is 0 Å². The maximum atomic E-state index is 12.9. The van der Waals surface area contributed by atoms with Crippen molar-refractivity contribution in [3.63, 3.8) is 0 Å². The monoisotopic (exact) mass is 445 g/mol. The number of benzene rings is 1. The van der Waals surface area contributed by atoms with Crippen LogP contribution in [0.5, 0.6) is 11.8 Å². The topological polar surface area (TPSA) is 102 Å². The number of alkyl halides is 2. The maximum absolute atomic E-state index is 12.9. The van der Waals surface area contributed by atoms with E-state index in [1.807, 2.05) is 6.92 Å². The molecule has 2 N–H and O–H groups in total. The summed E-state index contributed by atoms with van der Waals surface area (Å²) in [5, 5.41) is 7.22. The Balaban J connectivity index is 1.57. The lowest BCUT2D eigenvalue weighted by atomic mass is 10.1. The van der Waals surface area contributed by atoms with Gasteiger partial charge in [-0.1, -0.05) is 0 Å². The number of hydrogen-bond donors (Lipinski definition) is 2. The standard InChI is InChI=1S/C20H14ClF2N5O3/c1-8-7-24-16-15-9-2-5-13(31-14-6-11(18(22)23)27-20(21)28-14)26-10(9)3-4-12(15)30-17(16)19(29)25-8/h2-6,8,18,24H,7H2,1H3,(H,25,29)/t8-/m1/s1. The smallest absolute Gasteiger partial charge is 0.289 e. The van der Waals surface area contributed by atoms with Crippen molar-refractivity contribution in [3.8, 4) is 11.8 Å².